The number of aromatic nitrogens is 2. The van der Waals surface area contributed by atoms with E-state index in [1.807, 2.05) is 6.07 Å². The second kappa shape index (κ2) is 1.99. The molecule has 0 fully saturated rings. The number of rotatable bonds is 0. The maximum Gasteiger partial charge on any atom is 0.137 e. The molecular weight excluding hydrogens is 148 g/mol. The maximum atomic E-state index is 5.68. The fourth-order valence-corrected chi connectivity index (χ4v) is 1.00. The Morgan fingerprint density at radius 1 is 1.60 bits per heavy atom. The number of hydrogen-bond donors (Lipinski definition) is 1. The summed E-state index contributed by atoms with van der Waals surface area (Å²) in [4.78, 5) is 6.94. The lowest BCUT2D eigenvalue weighted by Crippen LogP contribution is -1.73. The van der Waals surface area contributed by atoms with Crippen molar-refractivity contribution in [2.24, 2.45) is 0 Å². The Hall–Kier alpha value is -1.02. The first-order valence-corrected chi connectivity index (χ1v) is 3.24. The molecule has 0 spiro atoms. The SMILES string of the molecule is Clc1cnc2[nH]c[c]c2c1. The van der Waals surface area contributed by atoms with Crippen molar-refractivity contribution in [2.75, 3.05) is 0 Å². The Kier molecular flexibility index (Phi) is 1.14. The van der Waals surface area contributed by atoms with Gasteiger partial charge in [-0.1, -0.05) is 11.6 Å². The van der Waals surface area contributed by atoms with Crippen molar-refractivity contribution in [1.82, 2.24) is 9.97 Å². The maximum absolute atomic E-state index is 5.68. The first kappa shape index (κ1) is 5.74. The second-order valence-electron chi connectivity index (χ2n) is 1.98. The van der Waals surface area contributed by atoms with E-state index in [1.54, 1.807) is 12.4 Å². The molecule has 2 aromatic rings. The van der Waals surface area contributed by atoms with Gasteiger partial charge in [0.1, 0.15) is 5.65 Å². The number of halogens is 1. The number of hydrogen-bond acceptors (Lipinski definition) is 1. The average Bonchev–Trinajstić information content (AvgIpc) is 2.33. The normalized spacial score (nSPS) is 10.5. The van der Waals surface area contributed by atoms with Crippen LogP contribution in [0.5, 0.6) is 0 Å². The van der Waals surface area contributed by atoms with Gasteiger partial charge in [0, 0.05) is 23.8 Å². The summed E-state index contributed by atoms with van der Waals surface area (Å²) in [6, 6.07) is 4.78. The molecule has 0 aliphatic carbocycles. The van der Waals surface area contributed by atoms with Crippen LogP contribution >= 0.6 is 11.6 Å². The highest BCUT2D eigenvalue weighted by Gasteiger charge is 1.94. The van der Waals surface area contributed by atoms with Gasteiger partial charge in [0.25, 0.3) is 0 Å². The number of fused-ring (bicyclic) bond motifs is 1. The number of nitrogens with zero attached hydrogens (tertiary/aromatic N) is 1. The van der Waals surface area contributed by atoms with E-state index in [1.165, 1.54) is 0 Å². The summed E-state index contributed by atoms with van der Waals surface area (Å²) in [5, 5.41) is 1.57. The van der Waals surface area contributed by atoms with Gasteiger partial charge < -0.3 is 4.98 Å². The highest BCUT2D eigenvalue weighted by molar-refractivity contribution is 6.31. The monoisotopic (exact) mass is 151 g/mol. The van der Waals surface area contributed by atoms with E-state index in [-0.39, 0.29) is 0 Å². The van der Waals surface area contributed by atoms with Crippen LogP contribution in [0.3, 0.4) is 0 Å². The summed E-state index contributed by atoms with van der Waals surface area (Å²) in [5.41, 5.74) is 0.824. The predicted octanol–water partition coefficient (Wildman–Crippen LogP) is 2.02. The van der Waals surface area contributed by atoms with Gasteiger partial charge >= 0.3 is 0 Å². The van der Waals surface area contributed by atoms with Crippen molar-refractivity contribution in [2.45, 2.75) is 0 Å². The molecule has 0 aliphatic heterocycles. The molecule has 0 amide bonds. The molecule has 1 radical (unpaired) electrons. The van der Waals surface area contributed by atoms with Crippen LogP contribution in [0.1, 0.15) is 0 Å². The van der Waals surface area contributed by atoms with E-state index in [2.05, 4.69) is 16.0 Å². The number of H-pyrrole nitrogens is 1. The van der Waals surface area contributed by atoms with Crippen molar-refractivity contribution in [1.29, 1.82) is 0 Å². The third-order valence-corrected chi connectivity index (χ3v) is 1.50. The average molecular weight is 152 g/mol. The Morgan fingerprint density at radius 3 is 3.40 bits per heavy atom. The van der Waals surface area contributed by atoms with Gasteiger partial charge in [0.05, 0.1) is 5.02 Å². The van der Waals surface area contributed by atoms with Gasteiger partial charge in [0.2, 0.25) is 0 Å². The van der Waals surface area contributed by atoms with E-state index < -0.39 is 0 Å². The van der Waals surface area contributed by atoms with Gasteiger partial charge in [0.15, 0.2) is 0 Å². The lowest BCUT2D eigenvalue weighted by atomic mass is 10.3. The highest BCUT2D eigenvalue weighted by Crippen LogP contribution is 2.13. The molecule has 0 aliphatic rings. The Morgan fingerprint density at radius 2 is 2.50 bits per heavy atom. The van der Waals surface area contributed by atoms with E-state index in [0.717, 1.165) is 11.0 Å². The van der Waals surface area contributed by atoms with Crippen LogP contribution in [-0.4, -0.2) is 9.97 Å². The Bertz CT molecular complexity index is 353. The number of nitrogens with one attached hydrogen (secondary N) is 1. The van der Waals surface area contributed by atoms with Crippen molar-refractivity contribution in [3.63, 3.8) is 0 Å². The van der Waals surface area contributed by atoms with Crippen LogP contribution < -0.4 is 0 Å². The Balaban J connectivity index is 2.86. The van der Waals surface area contributed by atoms with E-state index in [9.17, 15) is 0 Å². The van der Waals surface area contributed by atoms with Crippen LogP contribution in [0.4, 0.5) is 0 Å². The molecule has 0 saturated carbocycles. The molecule has 1 N–H and O–H groups in total. The fraction of sp³-hybridized carbons (Fsp3) is 0. The summed E-state index contributed by atoms with van der Waals surface area (Å²) < 4.78 is 0. The van der Waals surface area contributed by atoms with E-state index in [4.69, 9.17) is 11.6 Å². The molecule has 2 heterocycles. The summed E-state index contributed by atoms with van der Waals surface area (Å²) in [7, 11) is 0. The number of aromatic amines is 1. The van der Waals surface area contributed by atoms with Crippen molar-refractivity contribution in [3.05, 3.63) is 29.5 Å². The van der Waals surface area contributed by atoms with Crippen molar-refractivity contribution < 1.29 is 0 Å². The Labute approximate surface area is 62.8 Å². The largest absolute Gasteiger partial charge is 0.346 e. The predicted molar refractivity (Wildman–Crippen MR) is 39.9 cm³/mol. The van der Waals surface area contributed by atoms with Gasteiger partial charge in [-0.05, 0) is 6.07 Å². The molecular formula is C7H4ClN2. The van der Waals surface area contributed by atoms with Crippen molar-refractivity contribution >= 4 is 22.6 Å². The lowest BCUT2D eigenvalue weighted by Gasteiger charge is -1.87. The topological polar surface area (TPSA) is 28.7 Å². The molecule has 2 rings (SSSR count). The molecule has 3 heteroatoms. The fourth-order valence-electron chi connectivity index (χ4n) is 0.847. The standard InChI is InChI=1S/C7H4ClN2/c8-6-3-5-1-2-9-7(5)10-4-6/h2-4H,(H,9,10). The van der Waals surface area contributed by atoms with Crippen LogP contribution in [0.2, 0.25) is 5.02 Å². The van der Waals surface area contributed by atoms with Gasteiger partial charge in [-0.3, -0.25) is 0 Å². The molecule has 0 aromatic carbocycles. The lowest BCUT2D eigenvalue weighted by molar-refractivity contribution is 1.33. The highest BCUT2D eigenvalue weighted by atomic mass is 35.5. The molecule has 0 unspecified atom stereocenters. The molecule has 10 heavy (non-hydrogen) atoms. The minimum absolute atomic E-state index is 0.642. The molecule has 0 saturated heterocycles. The molecule has 49 valence electrons. The summed E-state index contributed by atoms with van der Waals surface area (Å²) in [5.74, 6) is 0. The van der Waals surface area contributed by atoms with Crippen molar-refractivity contribution in [3.8, 4) is 0 Å². The second-order valence-corrected chi connectivity index (χ2v) is 2.42. The molecule has 2 nitrogen and oxygen atoms in total. The van der Waals surface area contributed by atoms with E-state index >= 15 is 0 Å². The zero-order chi connectivity index (χ0) is 6.97. The smallest absolute Gasteiger partial charge is 0.137 e. The summed E-state index contributed by atoms with van der Waals surface area (Å²) >= 11 is 5.68. The minimum atomic E-state index is 0.642. The zero-order valence-electron chi connectivity index (χ0n) is 5.06. The molecule has 2 aromatic heterocycles. The van der Waals surface area contributed by atoms with Crippen LogP contribution in [0, 0.1) is 6.07 Å². The first-order chi connectivity index (χ1) is 4.86. The molecule has 0 bridgehead atoms. The summed E-state index contributed by atoms with van der Waals surface area (Å²) in [6.07, 6.45) is 3.32. The summed E-state index contributed by atoms with van der Waals surface area (Å²) in [6.45, 7) is 0. The zero-order valence-corrected chi connectivity index (χ0v) is 5.81. The first-order valence-electron chi connectivity index (χ1n) is 2.86. The quantitative estimate of drug-likeness (QED) is 0.613. The number of pyridine rings is 1. The van der Waals surface area contributed by atoms with Gasteiger partial charge in [-0.2, -0.15) is 0 Å². The van der Waals surface area contributed by atoms with Crippen LogP contribution in [-0.2, 0) is 0 Å². The van der Waals surface area contributed by atoms with Crippen LogP contribution in [0.25, 0.3) is 11.0 Å². The third-order valence-electron chi connectivity index (χ3n) is 1.29. The van der Waals surface area contributed by atoms with E-state index in [0.29, 0.717) is 5.02 Å². The van der Waals surface area contributed by atoms with Gasteiger partial charge in [-0.15, -0.1) is 0 Å². The molecule has 0 atom stereocenters. The minimum Gasteiger partial charge on any atom is -0.346 e. The van der Waals surface area contributed by atoms with Gasteiger partial charge in [-0.25, -0.2) is 4.98 Å². The third kappa shape index (κ3) is 0.772. The van der Waals surface area contributed by atoms with Crippen LogP contribution in [0.15, 0.2) is 18.5 Å².